The van der Waals surface area contributed by atoms with Crippen LogP contribution in [-0.4, -0.2) is 25.3 Å². The molecule has 0 aliphatic carbocycles. The first-order chi connectivity index (χ1) is 9.25. The Bertz CT molecular complexity index is 535. The van der Waals surface area contributed by atoms with Gasteiger partial charge in [-0.25, -0.2) is 0 Å². The first kappa shape index (κ1) is 13.1. The van der Waals surface area contributed by atoms with Crippen molar-refractivity contribution in [1.82, 2.24) is 5.01 Å². The van der Waals surface area contributed by atoms with Crippen molar-refractivity contribution < 1.29 is 4.74 Å². The summed E-state index contributed by atoms with van der Waals surface area (Å²) in [6.07, 6.45) is 1.81. The third kappa shape index (κ3) is 4.14. The number of hydrogen-bond acceptors (Lipinski definition) is 3. The molecule has 2 rings (SSSR count). The van der Waals surface area contributed by atoms with Crippen molar-refractivity contribution in [3.05, 3.63) is 65.7 Å². The van der Waals surface area contributed by atoms with Gasteiger partial charge in [-0.05, 0) is 17.7 Å². The average molecular weight is 254 g/mol. The standard InChI is InChI=1S/C16H18N2O/c1-18(2)17-12-15-10-6-7-11-16(15)19-13-14-8-4-3-5-9-14/h3-12H,13H2,1-2H3/b17-12+. The van der Waals surface area contributed by atoms with Gasteiger partial charge in [-0.3, -0.25) is 0 Å². The molecule has 0 radical (unpaired) electrons. The summed E-state index contributed by atoms with van der Waals surface area (Å²) in [5.74, 6) is 0.844. The quantitative estimate of drug-likeness (QED) is 0.605. The molecule has 0 spiro atoms. The van der Waals surface area contributed by atoms with E-state index in [2.05, 4.69) is 17.2 Å². The van der Waals surface area contributed by atoms with Gasteiger partial charge in [0.25, 0.3) is 0 Å². The van der Waals surface area contributed by atoms with Crippen molar-refractivity contribution >= 4 is 6.21 Å². The van der Waals surface area contributed by atoms with Crippen LogP contribution in [0.3, 0.4) is 0 Å². The zero-order valence-electron chi connectivity index (χ0n) is 11.3. The molecule has 0 saturated carbocycles. The Labute approximate surface area is 114 Å². The second-order valence-electron chi connectivity index (χ2n) is 4.40. The highest BCUT2D eigenvalue weighted by molar-refractivity contribution is 5.83. The lowest BCUT2D eigenvalue weighted by Crippen LogP contribution is -2.03. The highest BCUT2D eigenvalue weighted by Crippen LogP contribution is 2.17. The second kappa shape index (κ2) is 6.59. The van der Waals surface area contributed by atoms with Gasteiger partial charge in [0.1, 0.15) is 12.4 Å². The average Bonchev–Trinajstić information content (AvgIpc) is 2.45. The van der Waals surface area contributed by atoms with Gasteiger partial charge >= 0.3 is 0 Å². The molecule has 0 atom stereocenters. The molecule has 0 N–H and O–H groups in total. The summed E-state index contributed by atoms with van der Waals surface area (Å²) in [6.45, 7) is 0.563. The third-order valence-electron chi connectivity index (χ3n) is 2.58. The molecule has 0 aliphatic heterocycles. The topological polar surface area (TPSA) is 24.8 Å². The first-order valence-corrected chi connectivity index (χ1v) is 6.23. The van der Waals surface area contributed by atoms with E-state index < -0.39 is 0 Å². The highest BCUT2D eigenvalue weighted by Gasteiger charge is 2.01. The fourth-order valence-corrected chi connectivity index (χ4v) is 1.63. The van der Waals surface area contributed by atoms with Crippen molar-refractivity contribution in [3.8, 4) is 5.75 Å². The predicted molar refractivity (Wildman–Crippen MR) is 78.5 cm³/mol. The maximum absolute atomic E-state index is 5.85. The van der Waals surface area contributed by atoms with E-state index in [9.17, 15) is 0 Å². The van der Waals surface area contributed by atoms with Crippen LogP contribution < -0.4 is 4.74 Å². The Hall–Kier alpha value is -2.29. The van der Waals surface area contributed by atoms with Crippen molar-refractivity contribution in [3.63, 3.8) is 0 Å². The molecule has 2 aromatic rings. The van der Waals surface area contributed by atoms with Gasteiger partial charge in [0.15, 0.2) is 0 Å². The molecule has 0 saturated heterocycles. The summed E-state index contributed by atoms with van der Waals surface area (Å²) in [6, 6.07) is 18.0. The smallest absolute Gasteiger partial charge is 0.128 e. The van der Waals surface area contributed by atoms with E-state index in [4.69, 9.17) is 4.74 Å². The molecular weight excluding hydrogens is 236 g/mol. The van der Waals surface area contributed by atoms with Crippen LogP contribution in [0.25, 0.3) is 0 Å². The SMILES string of the molecule is CN(C)/N=C/c1ccccc1OCc1ccccc1. The predicted octanol–water partition coefficient (Wildman–Crippen LogP) is 3.16. The highest BCUT2D eigenvalue weighted by atomic mass is 16.5. The van der Waals surface area contributed by atoms with Gasteiger partial charge in [0.05, 0.1) is 6.21 Å². The van der Waals surface area contributed by atoms with Crippen LogP contribution >= 0.6 is 0 Å². The molecule has 0 heterocycles. The molecule has 98 valence electrons. The van der Waals surface area contributed by atoms with Crippen LogP contribution in [0.5, 0.6) is 5.75 Å². The molecule has 0 unspecified atom stereocenters. The summed E-state index contributed by atoms with van der Waals surface area (Å²) in [5.41, 5.74) is 2.13. The van der Waals surface area contributed by atoms with E-state index in [1.54, 1.807) is 11.2 Å². The van der Waals surface area contributed by atoms with E-state index in [0.717, 1.165) is 16.9 Å². The van der Waals surface area contributed by atoms with Gasteiger partial charge < -0.3 is 9.75 Å². The molecule has 0 bridgehead atoms. The van der Waals surface area contributed by atoms with E-state index in [1.165, 1.54) is 0 Å². The maximum atomic E-state index is 5.85. The van der Waals surface area contributed by atoms with Crippen molar-refractivity contribution in [1.29, 1.82) is 0 Å². The fourth-order valence-electron chi connectivity index (χ4n) is 1.63. The summed E-state index contributed by atoms with van der Waals surface area (Å²) in [7, 11) is 3.79. The van der Waals surface area contributed by atoms with E-state index in [-0.39, 0.29) is 0 Å². The molecule has 3 nitrogen and oxygen atoms in total. The van der Waals surface area contributed by atoms with E-state index in [0.29, 0.717) is 6.61 Å². The molecule has 0 aromatic heterocycles. The number of para-hydroxylation sites is 1. The zero-order chi connectivity index (χ0) is 13.5. The molecule has 0 aliphatic rings. The summed E-state index contributed by atoms with van der Waals surface area (Å²) < 4.78 is 5.85. The molecule has 0 fully saturated rings. The molecule has 0 amide bonds. The lowest BCUT2D eigenvalue weighted by atomic mass is 10.2. The van der Waals surface area contributed by atoms with Crippen molar-refractivity contribution in [2.45, 2.75) is 6.61 Å². The van der Waals surface area contributed by atoms with Crippen LogP contribution in [0.4, 0.5) is 0 Å². The largest absolute Gasteiger partial charge is 0.488 e. The minimum absolute atomic E-state index is 0.563. The lowest BCUT2D eigenvalue weighted by molar-refractivity contribution is 0.305. The molecular formula is C16H18N2O. The molecule has 3 heteroatoms. The number of rotatable bonds is 5. The lowest BCUT2D eigenvalue weighted by Gasteiger charge is -2.09. The van der Waals surface area contributed by atoms with Gasteiger partial charge in [0.2, 0.25) is 0 Å². The Morgan fingerprint density at radius 1 is 1.00 bits per heavy atom. The number of nitrogens with zero attached hydrogens (tertiary/aromatic N) is 2. The van der Waals surface area contributed by atoms with E-state index in [1.807, 2.05) is 56.6 Å². The molecule has 19 heavy (non-hydrogen) atoms. The normalized spacial score (nSPS) is 10.6. The number of benzene rings is 2. The summed E-state index contributed by atoms with van der Waals surface area (Å²) in [5, 5.41) is 6.00. The number of hydrogen-bond donors (Lipinski definition) is 0. The van der Waals surface area contributed by atoms with Crippen LogP contribution in [0.15, 0.2) is 59.7 Å². The first-order valence-electron chi connectivity index (χ1n) is 6.23. The maximum Gasteiger partial charge on any atom is 0.128 e. The minimum Gasteiger partial charge on any atom is -0.488 e. The van der Waals surface area contributed by atoms with Crippen molar-refractivity contribution in [2.75, 3.05) is 14.1 Å². The Balaban J connectivity index is 2.08. The van der Waals surface area contributed by atoms with Crippen LogP contribution in [0, 0.1) is 0 Å². The third-order valence-corrected chi connectivity index (χ3v) is 2.58. The Morgan fingerprint density at radius 3 is 2.42 bits per heavy atom. The molecule has 2 aromatic carbocycles. The van der Waals surface area contributed by atoms with E-state index >= 15 is 0 Å². The zero-order valence-corrected chi connectivity index (χ0v) is 11.3. The van der Waals surface area contributed by atoms with Gasteiger partial charge in [-0.2, -0.15) is 5.10 Å². The van der Waals surface area contributed by atoms with Crippen LogP contribution in [-0.2, 0) is 6.61 Å². The minimum atomic E-state index is 0.563. The number of hydrazone groups is 1. The second-order valence-corrected chi connectivity index (χ2v) is 4.40. The van der Waals surface area contributed by atoms with Gasteiger partial charge in [-0.15, -0.1) is 0 Å². The number of ether oxygens (including phenoxy) is 1. The van der Waals surface area contributed by atoms with Crippen LogP contribution in [0.1, 0.15) is 11.1 Å². The Morgan fingerprint density at radius 2 is 1.68 bits per heavy atom. The monoisotopic (exact) mass is 254 g/mol. The fraction of sp³-hybridized carbons (Fsp3) is 0.188. The summed E-state index contributed by atoms with van der Waals surface area (Å²) >= 11 is 0. The van der Waals surface area contributed by atoms with Gasteiger partial charge in [-0.1, -0.05) is 42.5 Å². The van der Waals surface area contributed by atoms with Crippen LogP contribution in [0.2, 0.25) is 0 Å². The summed E-state index contributed by atoms with van der Waals surface area (Å²) in [4.78, 5) is 0. The van der Waals surface area contributed by atoms with Crippen molar-refractivity contribution in [2.24, 2.45) is 5.10 Å². The Kier molecular flexibility index (Phi) is 4.56. The van der Waals surface area contributed by atoms with Gasteiger partial charge in [0, 0.05) is 19.7 Å².